The van der Waals surface area contributed by atoms with Gasteiger partial charge in [0.05, 0.1) is 19.3 Å². The number of rotatable bonds is 7. The lowest BCUT2D eigenvalue weighted by Gasteiger charge is -2.39. The molecule has 0 aromatic rings. The summed E-state index contributed by atoms with van der Waals surface area (Å²) in [6.07, 6.45) is 3.95. The standard InChI is InChI=1S/C13H20N2O2/c1-3-4-6-17-7-5-15-12(16)13(10-14)8-11(2)9-13/h3,11H,1,4-9H2,2H3,(H,15,16). The van der Waals surface area contributed by atoms with Gasteiger partial charge in [-0.1, -0.05) is 13.0 Å². The van der Waals surface area contributed by atoms with Gasteiger partial charge in [0, 0.05) is 6.54 Å². The summed E-state index contributed by atoms with van der Waals surface area (Å²) in [6.45, 7) is 7.22. The molecule has 4 heteroatoms. The van der Waals surface area contributed by atoms with Crippen molar-refractivity contribution in [1.29, 1.82) is 5.26 Å². The minimum atomic E-state index is -0.777. The van der Waals surface area contributed by atoms with Crippen LogP contribution in [0.3, 0.4) is 0 Å². The largest absolute Gasteiger partial charge is 0.379 e. The number of ether oxygens (including phenoxy) is 1. The molecule has 1 N–H and O–H groups in total. The van der Waals surface area contributed by atoms with Crippen molar-refractivity contribution in [1.82, 2.24) is 5.32 Å². The molecule has 1 amide bonds. The minimum Gasteiger partial charge on any atom is -0.379 e. The number of hydrogen-bond acceptors (Lipinski definition) is 3. The lowest BCUT2D eigenvalue weighted by atomic mass is 9.63. The van der Waals surface area contributed by atoms with Crippen LogP contribution >= 0.6 is 0 Å². The van der Waals surface area contributed by atoms with Gasteiger partial charge in [-0.25, -0.2) is 0 Å². The zero-order valence-corrected chi connectivity index (χ0v) is 10.4. The van der Waals surface area contributed by atoms with Crippen molar-refractivity contribution in [3.8, 4) is 6.07 Å². The number of nitrogens with zero attached hydrogens (tertiary/aromatic N) is 1. The summed E-state index contributed by atoms with van der Waals surface area (Å²) in [4.78, 5) is 11.8. The fourth-order valence-corrected chi connectivity index (χ4v) is 2.13. The van der Waals surface area contributed by atoms with Crippen LogP contribution in [0.1, 0.15) is 26.2 Å². The molecule has 0 unspecified atom stereocenters. The Bertz CT molecular complexity index is 314. The Morgan fingerprint density at radius 2 is 2.35 bits per heavy atom. The van der Waals surface area contributed by atoms with Gasteiger partial charge in [-0.2, -0.15) is 5.26 Å². The summed E-state index contributed by atoms with van der Waals surface area (Å²) in [6, 6.07) is 2.14. The summed E-state index contributed by atoms with van der Waals surface area (Å²) in [5.74, 6) is 0.328. The number of hydrogen-bond donors (Lipinski definition) is 1. The second-order valence-corrected chi connectivity index (χ2v) is 4.65. The van der Waals surface area contributed by atoms with E-state index in [-0.39, 0.29) is 5.91 Å². The third-order valence-corrected chi connectivity index (χ3v) is 3.04. The van der Waals surface area contributed by atoms with E-state index in [1.54, 1.807) is 6.08 Å². The molecule has 4 nitrogen and oxygen atoms in total. The Hall–Kier alpha value is -1.34. The molecular formula is C13H20N2O2. The third kappa shape index (κ3) is 3.57. The van der Waals surface area contributed by atoms with Crippen molar-refractivity contribution in [2.24, 2.45) is 11.3 Å². The fraction of sp³-hybridized carbons (Fsp3) is 0.692. The SMILES string of the molecule is C=CCCOCCNC(=O)C1(C#N)CC(C)C1. The molecule has 0 radical (unpaired) electrons. The predicted molar refractivity (Wildman–Crippen MR) is 65.1 cm³/mol. The van der Waals surface area contributed by atoms with Gasteiger partial charge < -0.3 is 10.1 Å². The average molecular weight is 236 g/mol. The van der Waals surface area contributed by atoms with Gasteiger partial charge in [0.25, 0.3) is 0 Å². The van der Waals surface area contributed by atoms with Crippen LogP contribution in [0.4, 0.5) is 0 Å². The van der Waals surface area contributed by atoms with E-state index in [0.717, 1.165) is 6.42 Å². The number of carbonyl (C=O) groups excluding carboxylic acids is 1. The molecule has 0 aromatic carbocycles. The summed E-state index contributed by atoms with van der Waals surface area (Å²) in [5.41, 5.74) is -0.777. The molecule has 0 heterocycles. The van der Waals surface area contributed by atoms with Gasteiger partial charge in [-0.15, -0.1) is 6.58 Å². The van der Waals surface area contributed by atoms with Crippen LogP contribution in [0, 0.1) is 22.7 Å². The van der Waals surface area contributed by atoms with Gasteiger partial charge >= 0.3 is 0 Å². The maximum Gasteiger partial charge on any atom is 0.240 e. The normalized spacial score (nSPS) is 26.7. The maximum atomic E-state index is 11.8. The first kappa shape index (κ1) is 13.7. The second-order valence-electron chi connectivity index (χ2n) is 4.65. The maximum absolute atomic E-state index is 11.8. The monoisotopic (exact) mass is 236 g/mol. The summed E-state index contributed by atoms with van der Waals surface area (Å²) in [5, 5.41) is 11.8. The summed E-state index contributed by atoms with van der Waals surface area (Å²) < 4.78 is 5.27. The van der Waals surface area contributed by atoms with E-state index in [0.29, 0.717) is 38.5 Å². The highest BCUT2D eigenvalue weighted by Gasteiger charge is 2.48. The fourth-order valence-electron chi connectivity index (χ4n) is 2.13. The Kier molecular flexibility index (Phi) is 5.17. The van der Waals surface area contributed by atoms with Gasteiger partial charge in [0.1, 0.15) is 5.41 Å². The van der Waals surface area contributed by atoms with Crippen molar-refractivity contribution < 1.29 is 9.53 Å². The molecule has 0 spiro atoms. The molecule has 0 atom stereocenters. The summed E-state index contributed by atoms with van der Waals surface area (Å²) >= 11 is 0. The average Bonchev–Trinajstić information content (AvgIpc) is 2.29. The van der Waals surface area contributed by atoms with Crippen LogP contribution in [-0.2, 0) is 9.53 Å². The first-order valence-corrected chi connectivity index (χ1v) is 6.03. The van der Waals surface area contributed by atoms with Crippen LogP contribution in [-0.4, -0.2) is 25.7 Å². The minimum absolute atomic E-state index is 0.148. The van der Waals surface area contributed by atoms with Crippen LogP contribution in [0.15, 0.2) is 12.7 Å². The van der Waals surface area contributed by atoms with Crippen molar-refractivity contribution in [2.45, 2.75) is 26.2 Å². The molecule has 1 saturated carbocycles. The van der Waals surface area contributed by atoms with Crippen LogP contribution < -0.4 is 5.32 Å². The molecule has 0 aliphatic heterocycles. The van der Waals surface area contributed by atoms with E-state index >= 15 is 0 Å². The number of amides is 1. The Morgan fingerprint density at radius 1 is 1.65 bits per heavy atom. The first-order valence-electron chi connectivity index (χ1n) is 6.03. The molecule has 0 saturated heterocycles. The van der Waals surface area contributed by atoms with Gasteiger partial charge in [-0.05, 0) is 25.2 Å². The van der Waals surface area contributed by atoms with E-state index in [1.165, 1.54) is 0 Å². The first-order chi connectivity index (χ1) is 8.14. The van der Waals surface area contributed by atoms with E-state index in [9.17, 15) is 4.79 Å². The molecule has 1 rings (SSSR count). The highest BCUT2D eigenvalue weighted by molar-refractivity contribution is 5.86. The zero-order chi connectivity index (χ0) is 12.7. The molecule has 1 fully saturated rings. The smallest absolute Gasteiger partial charge is 0.240 e. The lowest BCUT2D eigenvalue weighted by molar-refractivity contribution is -0.134. The summed E-state index contributed by atoms with van der Waals surface area (Å²) in [7, 11) is 0. The highest BCUT2D eigenvalue weighted by Crippen LogP contribution is 2.44. The Balaban J connectivity index is 2.17. The Morgan fingerprint density at radius 3 is 2.88 bits per heavy atom. The van der Waals surface area contributed by atoms with Crippen molar-refractivity contribution in [3.05, 3.63) is 12.7 Å². The molecule has 0 aromatic heterocycles. The van der Waals surface area contributed by atoms with Crippen LogP contribution in [0.2, 0.25) is 0 Å². The number of carbonyl (C=O) groups is 1. The predicted octanol–water partition coefficient (Wildman–Crippen LogP) is 1.64. The molecule has 1 aliphatic rings. The van der Waals surface area contributed by atoms with Crippen molar-refractivity contribution in [3.63, 3.8) is 0 Å². The Labute approximate surface area is 103 Å². The molecule has 1 aliphatic carbocycles. The quantitative estimate of drug-likeness (QED) is 0.540. The number of nitrogens with one attached hydrogen (secondary N) is 1. The molecular weight excluding hydrogens is 216 g/mol. The van der Waals surface area contributed by atoms with Gasteiger partial charge in [-0.3, -0.25) is 4.79 Å². The van der Waals surface area contributed by atoms with Gasteiger partial charge in [0.15, 0.2) is 0 Å². The van der Waals surface area contributed by atoms with Crippen molar-refractivity contribution >= 4 is 5.91 Å². The lowest BCUT2D eigenvalue weighted by Crippen LogP contribution is -2.48. The van der Waals surface area contributed by atoms with E-state index in [4.69, 9.17) is 10.00 Å². The van der Waals surface area contributed by atoms with E-state index in [2.05, 4.69) is 24.9 Å². The van der Waals surface area contributed by atoms with Gasteiger partial charge in [0.2, 0.25) is 5.91 Å². The molecule has 94 valence electrons. The zero-order valence-electron chi connectivity index (χ0n) is 10.4. The second kappa shape index (κ2) is 6.41. The molecule has 0 bridgehead atoms. The number of nitriles is 1. The van der Waals surface area contributed by atoms with E-state index < -0.39 is 5.41 Å². The molecule has 17 heavy (non-hydrogen) atoms. The third-order valence-electron chi connectivity index (χ3n) is 3.04. The van der Waals surface area contributed by atoms with Crippen molar-refractivity contribution in [2.75, 3.05) is 19.8 Å². The van der Waals surface area contributed by atoms with Crippen LogP contribution in [0.5, 0.6) is 0 Å². The highest BCUT2D eigenvalue weighted by atomic mass is 16.5. The topological polar surface area (TPSA) is 62.1 Å². The van der Waals surface area contributed by atoms with Crippen LogP contribution in [0.25, 0.3) is 0 Å². The van der Waals surface area contributed by atoms with E-state index in [1.807, 2.05) is 0 Å².